The first-order chi connectivity index (χ1) is 4.93. The summed E-state index contributed by atoms with van der Waals surface area (Å²) in [5, 5.41) is 3.27. The van der Waals surface area contributed by atoms with E-state index in [1.54, 1.807) is 0 Å². The first-order valence-electron chi connectivity index (χ1n) is 4.36. The molecule has 68 valence electrons. The van der Waals surface area contributed by atoms with E-state index in [1.165, 1.54) is 0 Å². The van der Waals surface area contributed by atoms with Gasteiger partial charge in [0, 0.05) is 12.1 Å². The molecule has 2 nitrogen and oxygen atoms in total. The highest BCUT2D eigenvalue weighted by molar-refractivity contribution is 4.87. The van der Waals surface area contributed by atoms with Gasteiger partial charge in [0.05, 0.1) is 0 Å². The van der Waals surface area contributed by atoms with Crippen LogP contribution in [-0.2, 0) is 0 Å². The van der Waals surface area contributed by atoms with E-state index in [1.807, 2.05) is 7.05 Å². The fourth-order valence-electron chi connectivity index (χ4n) is 1.53. The van der Waals surface area contributed by atoms with Crippen molar-refractivity contribution in [3.63, 3.8) is 0 Å². The van der Waals surface area contributed by atoms with Crippen molar-refractivity contribution >= 4 is 0 Å². The predicted molar refractivity (Wildman–Crippen MR) is 50.6 cm³/mol. The van der Waals surface area contributed by atoms with Crippen molar-refractivity contribution < 1.29 is 0 Å². The van der Waals surface area contributed by atoms with Crippen LogP contribution in [0.1, 0.15) is 34.1 Å². The molecule has 2 heteroatoms. The average Bonchev–Trinajstić information content (AvgIpc) is 1.86. The summed E-state index contributed by atoms with van der Waals surface area (Å²) in [6, 6.07) is 0.674. The summed E-state index contributed by atoms with van der Waals surface area (Å²) in [7, 11) is 1.98. The molecule has 0 spiro atoms. The molecule has 0 aliphatic heterocycles. The summed E-state index contributed by atoms with van der Waals surface area (Å²) in [6.07, 6.45) is 1.03. The third-order valence-electron chi connectivity index (χ3n) is 2.14. The highest BCUT2D eigenvalue weighted by Crippen LogP contribution is 2.21. The lowest BCUT2D eigenvalue weighted by atomic mass is 9.82. The molecule has 0 aliphatic carbocycles. The van der Waals surface area contributed by atoms with Crippen LogP contribution < -0.4 is 11.1 Å². The number of rotatable bonds is 3. The molecule has 11 heavy (non-hydrogen) atoms. The van der Waals surface area contributed by atoms with Crippen LogP contribution in [0.2, 0.25) is 0 Å². The Morgan fingerprint density at radius 2 is 1.82 bits per heavy atom. The zero-order valence-corrected chi connectivity index (χ0v) is 8.44. The lowest BCUT2D eigenvalue weighted by molar-refractivity contribution is 0.240. The molecular weight excluding hydrogens is 136 g/mol. The minimum Gasteiger partial charge on any atom is -0.326 e. The predicted octanol–water partition coefficient (Wildman–Crippen LogP) is 1.36. The van der Waals surface area contributed by atoms with Crippen LogP contribution >= 0.6 is 0 Å². The highest BCUT2D eigenvalue weighted by Gasteiger charge is 2.27. The Labute approximate surface area is 70.5 Å². The van der Waals surface area contributed by atoms with Crippen LogP contribution in [0.3, 0.4) is 0 Å². The van der Waals surface area contributed by atoms with Crippen molar-refractivity contribution in [2.24, 2.45) is 11.1 Å². The Morgan fingerprint density at radius 3 is 1.91 bits per heavy atom. The smallest absolute Gasteiger partial charge is 0.0264 e. The molecule has 0 bridgehead atoms. The molecule has 0 amide bonds. The maximum absolute atomic E-state index is 5.95. The van der Waals surface area contributed by atoms with Gasteiger partial charge in [-0.05, 0) is 18.9 Å². The maximum Gasteiger partial charge on any atom is 0.0264 e. The number of likely N-dealkylation sites (N-methyl/N-ethyl adjacent to an activating group) is 1. The molecule has 0 aromatic rings. The standard InChI is InChI=1S/C9H22N2/c1-6-7(10)8(11-5)9(2,3)4/h7-8,11H,6,10H2,1-5H3. The maximum atomic E-state index is 5.95. The Bertz CT molecular complexity index is 105. The van der Waals surface area contributed by atoms with Gasteiger partial charge in [-0.25, -0.2) is 0 Å². The van der Waals surface area contributed by atoms with Crippen LogP contribution in [0.4, 0.5) is 0 Å². The van der Waals surface area contributed by atoms with Gasteiger partial charge in [0.1, 0.15) is 0 Å². The van der Waals surface area contributed by atoms with E-state index in [0.717, 1.165) is 6.42 Å². The minimum absolute atomic E-state index is 0.254. The van der Waals surface area contributed by atoms with Crippen LogP contribution in [0.5, 0.6) is 0 Å². The molecule has 0 radical (unpaired) electrons. The van der Waals surface area contributed by atoms with E-state index in [-0.39, 0.29) is 11.5 Å². The number of nitrogens with one attached hydrogen (secondary N) is 1. The molecular formula is C9H22N2. The summed E-state index contributed by atoms with van der Waals surface area (Å²) in [5.74, 6) is 0. The van der Waals surface area contributed by atoms with Gasteiger partial charge in [0.15, 0.2) is 0 Å². The van der Waals surface area contributed by atoms with Gasteiger partial charge in [0.25, 0.3) is 0 Å². The van der Waals surface area contributed by atoms with Gasteiger partial charge in [0.2, 0.25) is 0 Å². The molecule has 0 saturated carbocycles. The van der Waals surface area contributed by atoms with Gasteiger partial charge in [-0.2, -0.15) is 0 Å². The van der Waals surface area contributed by atoms with Crippen LogP contribution in [0, 0.1) is 5.41 Å². The molecule has 0 saturated heterocycles. The van der Waals surface area contributed by atoms with E-state index >= 15 is 0 Å². The highest BCUT2D eigenvalue weighted by atomic mass is 14.9. The molecule has 3 N–H and O–H groups in total. The number of nitrogens with two attached hydrogens (primary N) is 1. The lowest BCUT2D eigenvalue weighted by Gasteiger charge is -2.34. The third-order valence-corrected chi connectivity index (χ3v) is 2.14. The van der Waals surface area contributed by atoms with E-state index in [0.29, 0.717) is 6.04 Å². The largest absolute Gasteiger partial charge is 0.326 e. The van der Waals surface area contributed by atoms with Crippen molar-refractivity contribution in [3.05, 3.63) is 0 Å². The Balaban J connectivity index is 4.16. The second kappa shape index (κ2) is 4.07. The minimum atomic E-state index is 0.254. The van der Waals surface area contributed by atoms with Crippen LogP contribution in [0.15, 0.2) is 0 Å². The molecule has 0 heterocycles. The van der Waals surface area contributed by atoms with Gasteiger partial charge >= 0.3 is 0 Å². The molecule has 2 unspecified atom stereocenters. The SMILES string of the molecule is CCC(N)C(NC)C(C)(C)C. The Kier molecular flexibility index (Phi) is 4.04. The zero-order valence-electron chi connectivity index (χ0n) is 8.44. The van der Waals surface area contributed by atoms with Crippen molar-refractivity contribution in [2.45, 2.75) is 46.2 Å². The van der Waals surface area contributed by atoms with Gasteiger partial charge in [-0.3, -0.25) is 0 Å². The quantitative estimate of drug-likeness (QED) is 0.651. The van der Waals surface area contributed by atoms with Crippen molar-refractivity contribution in [2.75, 3.05) is 7.05 Å². The van der Waals surface area contributed by atoms with E-state index in [2.05, 4.69) is 33.0 Å². The molecule has 2 atom stereocenters. The second-order valence-electron chi connectivity index (χ2n) is 4.20. The summed E-state index contributed by atoms with van der Waals surface area (Å²) in [4.78, 5) is 0. The van der Waals surface area contributed by atoms with E-state index in [4.69, 9.17) is 5.73 Å². The fraction of sp³-hybridized carbons (Fsp3) is 1.00. The van der Waals surface area contributed by atoms with Crippen molar-refractivity contribution in [3.8, 4) is 0 Å². The topological polar surface area (TPSA) is 38.0 Å². The normalized spacial score (nSPS) is 18.0. The zero-order chi connectivity index (χ0) is 9.07. The number of hydrogen-bond acceptors (Lipinski definition) is 2. The van der Waals surface area contributed by atoms with Crippen LogP contribution in [0.25, 0.3) is 0 Å². The number of hydrogen-bond donors (Lipinski definition) is 2. The van der Waals surface area contributed by atoms with Crippen molar-refractivity contribution in [1.29, 1.82) is 0 Å². The second-order valence-corrected chi connectivity index (χ2v) is 4.20. The van der Waals surface area contributed by atoms with Gasteiger partial charge < -0.3 is 11.1 Å². The Hall–Kier alpha value is -0.0800. The Morgan fingerprint density at radius 1 is 1.36 bits per heavy atom. The van der Waals surface area contributed by atoms with E-state index in [9.17, 15) is 0 Å². The van der Waals surface area contributed by atoms with Crippen LogP contribution in [-0.4, -0.2) is 19.1 Å². The monoisotopic (exact) mass is 158 g/mol. The fourth-order valence-corrected chi connectivity index (χ4v) is 1.53. The molecule has 0 aromatic heterocycles. The molecule has 0 fully saturated rings. The summed E-state index contributed by atoms with van der Waals surface area (Å²) in [5.41, 5.74) is 6.21. The first kappa shape index (κ1) is 10.9. The summed E-state index contributed by atoms with van der Waals surface area (Å²) in [6.45, 7) is 8.76. The van der Waals surface area contributed by atoms with E-state index < -0.39 is 0 Å². The summed E-state index contributed by atoms with van der Waals surface area (Å²) < 4.78 is 0. The molecule has 0 aliphatic rings. The molecule has 0 aromatic carbocycles. The van der Waals surface area contributed by atoms with Crippen molar-refractivity contribution in [1.82, 2.24) is 5.32 Å². The third kappa shape index (κ3) is 3.21. The first-order valence-corrected chi connectivity index (χ1v) is 4.36. The molecule has 0 rings (SSSR count). The van der Waals surface area contributed by atoms with Gasteiger partial charge in [-0.1, -0.05) is 27.7 Å². The average molecular weight is 158 g/mol. The summed E-state index contributed by atoms with van der Waals surface area (Å²) >= 11 is 0. The lowest BCUT2D eigenvalue weighted by Crippen LogP contribution is -2.51. The van der Waals surface area contributed by atoms with Gasteiger partial charge in [-0.15, -0.1) is 0 Å².